The number of para-hydroxylation sites is 2. The van der Waals surface area contributed by atoms with Crippen molar-refractivity contribution in [1.82, 2.24) is 19.4 Å². The second-order valence-electron chi connectivity index (χ2n) is 11.3. The van der Waals surface area contributed by atoms with Crippen LogP contribution in [0.25, 0.3) is 93.9 Å². The summed E-state index contributed by atoms with van der Waals surface area (Å²) < 4.78 is 8.37. The van der Waals surface area contributed by atoms with Gasteiger partial charge in [0.25, 0.3) is 0 Å². The van der Waals surface area contributed by atoms with E-state index in [1.165, 1.54) is 21.8 Å². The molecule has 10 rings (SSSR count). The summed E-state index contributed by atoms with van der Waals surface area (Å²) in [7, 11) is 0. The van der Waals surface area contributed by atoms with Gasteiger partial charge in [0.15, 0.2) is 17.8 Å². The monoisotopic (exact) mass is 562 g/mol. The van der Waals surface area contributed by atoms with Crippen LogP contribution in [0.4, 0.5) is 0 Å². The van der Waals surface area contributed by atoms with E-state index in [1.54, 1.807) is 6.39 Å². The molecule has 0 spiro atoms. The first-order valence-corrected chi connectivity index (χ1v) is 14.7. The van der Waals surface area contributed by atoms with Gasteiger partial charge in [-0.3, -0.25) is 0 Å². The summed E-state index contributed by atoms with van der Waals surface area (Å²) in [4.78, 5) is 14.6. The topological polar surface area (TPSA) is 56.2 Å². The summed E-state index contributed by atoms with van der Waals surface area (Å²) in [6, 6.07) is 44.5. The van der Waals surface area contributed by atoms with E-state index in [0.29, 0.717) is 5.82 Å². The van der Waals surface area contributed by atoms with Crippen molar-refractivity contribution >= 4 is 60.1 Å². The summed E-state index contributed by atoms with van der Waals surface area (Å²) in [5, 5.41) is 5.71. The molecule has 0 bridgehead atoms. The van der Waals surface area contributed by atoms with Crippen molar-refractivity contribution in [2.45, 2.75) is 0 Å². The van der Waals surface area contributed by atoms with Crippen LogP contribution < -0.4 is 0 Å². The van der Waals surface area contributed by atoms with Gasteiger partial charge < -0.3 is 8.82 Å². The van der Waals surface area contributed by atoms with E-state index in [0.717, 1.165) is 66.2 Å². The van der Waals surface area contributed by atoms with Crippen LogP contribution in [0, 0.1) is 0 Å². The fourth-order valence-corrected chi connectivity index (χ4v) is 6.92. The first-order valence-electron chi connectivity index (χ1n) is 14.7. The van der Waals surface area contributed by atoms with Gasteiger partial charge in [0.2, 0.25) is 0 Å². The van der Waals surface area contributed by atoms with Crippen molar-refractivity contribution < 1.29 is 4.42 Å². The largest absolute Gasteiger partial charge is 0.443 e. The van der Waals surface area contributed by atoms with E-state index in [-0.39, 0.29) is 0 Å². The second-order valence-corrected chi connectivity index (χ2v) is 11.3. The van der Waals surface area contributed by atoms with Crippen molar-refractivity contribution in [2.24, 2.45) is 0 Å². The lowest BCUT2D eigenvalue weighted by Gasteiger charge is -2.10. The number of rotatable bonds is 3. The Morgan fingerprint density at radius 3 is 2.18 bits per heavy atom. The molecule has 0 amide bonds. The van der Waals surface area contributed by atoms with E-state index >= 15 is 0 Å². The molecule has 0 fully saturated rings. The fourth-order valence-electron chi connectivity index (χ4n) is 6.92. The third-order valence-corrected chi connectivity index (χ3v) is 8.87. The fraction of sp³-hybridized carbons (Fsp3) is 0. The van der Waals surface area contributed by atoms with E-state index in [1.807, 2.05) is 30.3 Å². The highest BCUT2D eigenvalue weighted by Gasteiger charge is 2.22. The minimum atomic E-state index is 0.709. The minimum Gasteiger partial charge on any atom is -0.443 e. The zero-order valence-corrected chi connectivity index (χ0v) is 23.4. The molecule has 0 aliphatic rings. The van der Waals surface area contributed by atoms with Crippen molar-refractivity contribution in [1.29, 1.82) is 0 Å². The third kappa shape index (κ3) is 3.21. The van der Waals surface area contributed by atoms with Crippen molar-refractivity contribution in [3.8, 4) is 33.8 Å². The van der Waals surface area contributed by atoms with Gasteiger partial charge in [-0.2, -0.15) is 0 Å². The molecule has 0 saturated carbocycles. The highest BCUT2D eigenvalue weighted by atomic mass is 16.3. The first kappa shape index (κ1) is 23.5. The molecule has 204 valence electrons. The van der Waals surface area contributed by atoms with Gasteiger partial charge in [0.1, 0.15) is 5.52 Å². The molecule has 4 aromatic heterocycles. The molecule has 0 N–H and O–H groups in total. The lowest BCUT2D eigenvalue weighted by atomic mass is 9.99. The molecule has 4 heterocycles. The Bertz CT molecular complexity index is 2720. The van der Waals surface area contributed by atoms with Crippen LogP contribution in [0.3, 0.4) is 0 Å². The van der Waals surface area contributed by atoms with Crippen molar-refractivity contribution in [2.75, 3.05) is 0 Å². The average Bonchev–Trinajstić information content (AvgIpc) is 3.79. The zero-order chi connectivity index (χ0) is 28.8. The molecule has 0 atom stereocenters. The number of aromatic nitrogens is 4. The molecule has 5 heteroatoms. The maximum Gasteiger partial charge on any atom is 0.182 e. The molecular formula is C39H22N4O. The van der Waals surface area contributed by atoms with Crippen LogP contribution in [0.15, 0.2) is 138 Å². The van der Waals surface area contributed by atoms with Crippen LogP contribution in [0.5, 0.6) is 0 Å². The van der Waals surface area contributed by atoms with Gasteiger partial charge in [-0.15, -0.1) is 0 Å². The molecule has 10 aromatic rings. The third-order valence-electron chi connectivity index (χ3n) is 8.87. The number of hydrogen-bond acceptors (Lipinski definition) is 4. The molecule has 44 heavy (non-hydrogen) atoms. The number of fused-ring (bicyclic) bond motifs is 9. The summed E-state index contributed by atoms with van der Waals surface area (Å²) in [6.07, 6.45) is 1.55. The highest BCUT2D eigenvalue weighted by molar-refractivity contribution is 6.30. The summed E-state index contributed by atoms with van der Waals surface area (Å²) >= 11 is 0. The molecule has 6 aromatic carbocycles. The summed E-state index contributed by atoms with van der Waals surface area (Å²) in [5.74, 6) is 0.709. The Kier molecular flexibility index (Phi) is 4.66. The molecule has 0 radical (unpaired) electrons. The van der Waals surface area contributed by atoms with Crippen LogP contribution in [0.1, 0.15) is 0 Å². The molecule has 0 unspecified atom stereocenters. The maximum absolute atomic E-state index is 6.00. The van der Waals surface area contributed by atoms with E-state index < -0.39 is 0 Å². The van der Waals surface area contributed by atoms with Gasteiger partial charge in [0, 0.05) is 32.7 Å². The van der Waals surface area contributed by atoms with E-state index in [2.05, 4.69) is 106 Å². The Labute approximate surface area is 251 Å². The van der Waals surface area contributed by atoms with Crippen LogP contribution in [-0.2, 0) is 0 Å². The quantitative estimate of drug-likeness (QED) is 0.215. The van der Waals surface area contributed by atoms with Gasteiger partial charge in [-0.25, -0.2) is 15.0 Å². The number of benzene rings is 6. The van der Waals surface area contributed by atoms with Crippen molar-refractivity contribution in [3.05, 3.63) is 134 Å². The van der Waals surface area contributed by atoms with Gasteiger partial charge in [-0.05, 0) is 47.5 Å². The number of hydrogen-bond donors (Lipinski definition) is 0. The molecule has 0 saturated heterocycles. The first-order chi connectivity index (χ1) is 21.8. The highest BCUT2D eigenvalue weighted by Crippen LogP contribution is 2.43. The van der Waals surface area contributed by atoms with Crippen LogP contribution >= 0.6 is 0 Å². The molecule has 0 aliphatic heterocycles. The summed E-state index contributed by atoms with van der Waals surface area (Å²) in [5.41, 5.74) is 11.4. The predicted molar refractivity (Wildman–Crippen MR) is 178 cm³/mol. The molecule has 5 nitrogen and oxygen atoms in total. The Morgan fingerprint density at radius 1 is 0.500 bits per heavy atom. The van der Waals surface area contributed by atoms with Gasteiger partial charge in [-0.1, -0.05) is 91.0 Å². The SMILES string of the molecule is c1ccc(-c2nc(-c3cccc(-c4ccc5c(c4)c4c6ocnc6cc6c7ccccc7n5c64)c3)nc3ccccc23)cc1. The average molecular weight is 563 g/mol. The molecule has 0 aliphatic carbocycles. The minimum absolute atomic E-state index is 0.709. The van der Waals surface area contributed by atoms with Crippen LogP contribution in [-0.4, -0.2) is 19.4 Å². The van der Waals surface area contributed by atoms with Gasteiger partial charge >= 0.3 is 0 Å². The van der Waals surface area contributed by atoms with E-state index in [4.69, 9.17) is 14.4 Å². The van der Waals surface area contributed by atoms with Crippen molar-refractivity contribution in [3.63, 3.8) is 0 Å². The number of nitrogens with zero attached hydrogens (tertiary/aromatic N) is 4. The summed E-state index contributed by atoms with van der Waals surface area (Å²) in [6.45, 7) is 0. The maximum atomic E-state index is 6.00. The lowest BCUT2D eigenvalue weighted by Crippen LogP contribution is -1.95. The van der Waals surface area contributed by atoms with Gasteiger partial charge in [0.05, 0.1) is 33.1 Å². The van der Waals surface area contributed by atoms with Crippen LogP contribution in [0.2, 0.25) is 0 Å². The zero-order valence-electron chi connectivity index (χ0n) is 23.4. The second kappa shape index (κ2) is 8.72. The Hall–Kier alpha value is -6.07. The Morgan fingerprint density at radius 2 is 1.25 bits per heavy atom. The van der Waals surface area contributed by atoms with E-state index in [9.17, 15) is 0 Å². The standard InChI is InChI=1S/C39H22N4O/c1-2-9-23(10-3-1)36-28-14-4-6-15-31(28)41-39(42-36)26-12-8-11-24(19-26)25-17-18-34-30(20-25)35-37-29(21-32-38(35)44-22-40-32)27-13-5-7-16-33(27)43(34)37/h1-22H. The number of oxazole rings is 1. The Balaban J connectivity index is 1.19. The lowest BCUT2D eigenvalue weighted by molar-refractivity contribution is 0.605. The predicted octanol–water partition coefficient (Wildman–Crippen LogP) is 9.92. The smallest absolute Gasteiger partial charge is 0.182 e. The normalized spacial score (nSPS) is 12.1. The molecular weight excluding hydrogens is 540 g/mol.